The van der Waals surface area contributed by atoms with Crippen molar-refractivity contribution in [2.24, 2.45) is 0 Å². The summed E-state index contributed by atoms with van der Waals surface area (Å²) in [5.74, 6) is -0.988. The molecule has 1 atom stereocenters. The molecule has 0 fully saturated rings. The third-order valence-electron chi connectivity index (χ3n) is 4.85. The van der Waals surface area contributed by atoms with Crippen LogP contribution in [0.1, 0.15) is 42.1 Å². The second-order valence-corrected chi connectivity index (χ2v) is 7.65. The summed E-state index contributed by atoms with van der Waals surface area (Å²) in [6, 6.07) is 10.3. The van der Waals surface area contributed by atoms with Crippen LogP contribution in [0.25, 0.3) is 0 Å². The first-order valence-electron chi connectivity index (χ1n) is 8.90. The SMILES string of the molecule is CCCCN1C(=O)[C@](O)(CC(=O)c2ccc([N+](=O)[O-])cc2)c2cc(Br)ccc21. The third-order valence-corrected chi connectivity index (χ3v) is 5.34. The Morgan fingerprint density at radius 2 is 1.93 bits per heavy atom. The predicted molar refractivity (Wildman–Crippen MR) is 107 cm³/mol. The van der Waals surface area contributed by atoms with E-state index in [1.807, 2.05) is 6.92 Å². The number of anilines is 1. The number of unbranched alkanes of at least 4 members (excludes halogenated alkanes) is 1. The zero-order valence-electron chi connectivity index (χ0n) is 15.2. The largest absolute Gasteiger partial charge is 0.375 e. The topological polar surface area (TPSA) is 101 Å². The van der Waals surface area contributed by atoms with E-state index in [0.717, 1.165) is 12.8 Å². The van der Waals surface area contributed by atoms with Gasteiger partial charge in [-0.1, -0.05) is 29.3 Å². The van der Waals surface area contributed by atoms with Gasteiger partial charge in [-0.2, -0.15) is 0 Å². The number of non-ortho nitro benzene ring substituents is 1. The lowest BCUT2D eigenvalue weighted by Crippen LogP contribution is -2.42. The number of nitro groups is 1. The molecule has 0 unspecified atom stereocenters. The van der Waals surface area contributed by atoms with Crippen LogP contribution in [0.4, 0.5) is 11.4 Å². The second-order valence-electron chi connectivity index (χ2n) is 6.74. The molecule has 1 aliphatic rings. The number of amides is 1. The number of nitrogens with zero attached hydrogens (tertiary/aromatic N) is 2. The summed E-state index contributed by atoms with van der Waals surface area (Å²) in [6.07, 6.45) is 1.22. The first kappa shape index (κ1) is 20.2. The van der Waals surface area contributed by atoms with Crippen LogP contribution in [0.3, 0.4) is 0 Å². The molecular weight excluding hydrogens is 428 g/mol. The first-order chi connectivity index (χ1) is 13.3. The smallest absolute Gasteiger partial charge is 0.269 e. The highest BCUT2D eigenvalue weighted by Gasteiger charge is 2.50. The minimum absolute atomic E-state index is 0.132. The molecule has 1 N–H and O–H groups in total. The van der Waals surface area contributed by atoms with E-state index in [2.05, 4.69) is 15.9 Å². The molecule has 146 valence electrons. The van der Waals surface area contributed by atoms with Crippen molar-refractivity contribution < 1.29 is 19.6 Å². The van der Waals surface area contributed by atoms with Crippen molar-refractivity contribution in [1.82, 2.24) is 0 Å². The molecular formula is C20H19BrN2O5. The zero-order valence-corrected chi connectivity index (χ0v) is 16.8. The molecule has 0 spiro atoms. The van der Waals surface area contributed by atoms with Gasteiger partial charge in [0.05, 0.1) is 17.0 Å². The van der Waals surface area contributed by atoms with E-state index >= 15 is 0 Å². The Labute approximate surface area is 170 Å². The minimum atomic E-state index is -1.97. The van der Waals surface area contributed by atoms with Crippen molar-refractivity contribution in [1.29, 1.82) is 0 Å². The Kier molecular flexibility index (Phi) is 5.62. The Balaban J connectivity index is 1.93. The van der Waals surface area contributed by atoms with E-state index in [1.165, 1.54) is 29.2 Å². The average molecular weight is 447 g/mol. The van der Waals surface area contributed by atoms with Crippen molar-refractivity contribution >= 4 is 39.0 Å². The lowest BCUT2D eigenvalue weighted by Gasteiger charge is -2.22. The van der Waals surface area contributed by atoms with Gasteiger partial charge in [-0.3, -0.25) is 19.7 Å². The maximum absolute atomic E-state index is 13.0. The highest BCUT2D eigenvalue weighted by atomic mass is 79.9. The van der Waals surface area contributed by atoms with Crippen LogP contribution in [-0.2, 0) is 10.4 Å². The van der Waals surface area contributed by atoms with Gasteiger partial charge in [0, 0.05) is 34.3 Å². The van der Waals surface area contributed by atoms with Crippen molar-refractivity contribution in [2.45, 2.75) is 31.8 Å². The fourth-order valence-corrected chi connectivity index (χ4v) is 3.70. The minimum Gasteiger partial charge on any atom is -0.375 e. The molecule has 0 saturated heterocycles. The highest BCUT2D eigenvalue weighted by Crippen LogP contribution is 2.44. The number of ketones is 1. The van der Waals surface area contributed by atoms with Gasteiger partial charge >= 0.3 is 0 Å². The van der Waals surface area contributed by atoms with Crippen molar-refractivity contribution in [3.8, 4) is 0 Å². The van der Waals surface area contributed by atoms with Gasteiger partial charge in [-0.05, 0) is 36.8 Å². The second kappa shape index (κ2) is 7.81. The van der Waals surface area contributed by atoms with Gasteiger partial charge in [0.15, 0.2) is 11.4 Å². The molecule has 0 aromatic heterocycles. The molecule has 0 bridgehead atoms. The summed E-state index contributed by atoms with van der Waals surface area (Å²) in [7, 11) is 0. The van der Waals surface area contributed by atoms with E-state index in [4.69, 9.17) is 0 Å². The van der Waals surface area contributed by atoms with E-state index in [0.29, 0.717) is 22.3 Å². The Bertz CT molecular complexity index is 944. The van der Waals surface area contributed by atoms with Crippen molar-refractivity contribution in [2.75, 3.05) is 11.4 Å². The molecule has 1 amide bonds. The van der Waals surface area contributed by atoms with Gasteiger partial charge in [0.25, 0.3) is 11.6 Å². The van der Waals surface area contributed by atoms with Gasteiger partial charge in [0.1, 0.15) is 0 Å². The number of carbonyl (C=O) groups excluding carboxylic acids is 2. The number of fused-ring (bicyclic) bond motifs is 1. The molecule has 3 rings (SSSR count). The van der Waals surface area contributed by atoms with Crippen molar-refractivity contribution in [3.05, 3.63) is 68.2 Å². The number of rotatable bonds is 7. The van der Waals surface area contributed by atoms with Crippen LogP contribution in [0, 0.1) is 10.1 Å². The number of nitro benzene ring substituents is 1. The zero-order chi connectivity index (χ0) is 20.5. The highest BCUT2D eigenvalue weighted by molar-refractivity contribution is 9.10. The van der Waals surface area contributed by atoms with E-state index in [1.54, 1.807) is 18.2 Å². The Morgan fingerprint density at radius 3 is 2.54 bits per heavy atom. The van der Waals surface area contributed by atoms with Gasteiger partial charge < -0.3 is 10.0 Å². The van der Waals surface area contributed by atoms with Crippen LogP contribution >= 0.6 is 15.9 Å². The molecule has 28 heavy (non-hydrogen) atoms. The molecule has 0 radical (unpaired) electrons. The Hall–Kier alpha value is -2.58. The van der Waals surface area contributed by atoms with Gasteiger partial charge in [0.2, 0.25) is 0 Å². The Morgan fingerprint density at radius 1 is 1.25 bits per heavy atom. The van der Waals surface area contributed by atoms with Crippen molar-refractivity contribution in [3.63, 3.8) is 0 Å². The van der Waals surface area contributed by atoms with E-state index in [-0.39, 0.29) is 11.3 Å². The molecule has 0 aliphatic carbocycles. The summed E-state index contributed by atoms with van der Waals surface area (Å²) < 4.78 is 0.692. The molecule has 1 heterocycles. The number of benzene rings is 2. The lowest BCUT2D eigenvalue weighted by atomic mass is 9.88. The maximum Gasteiger partial charge on any atom is 0.269 e. The van der Waals surface area contributed by atoms with Crippen LogP contribution in [0.15, 0.2) is 46.9 Å². The summed E-state index contributed by atoms with van der Waals surface area (Å²) in [5, 5.41) is 22.0. The van der Waals surface area contributed by atoms with Crippen LogP contribution < -0.4 is 4.90 Å². The fraction of sp³-hybridized carbons (Fsp3) is 0.300. The molecule has 2 aromatic rings. The summed E-state index contributed by atoms with van der Waals surface area (Å²) in [6.45, 7) is 2.46. The number of carbonyl (C=O) groups is 2. The molecule has 0 saturated carbocycles. The number of aliphatic hydroxyl groups is 1. The standard InChI is InChI=1S/C20H19BrN2O5/c1-2-3-10-22-17-9-6-14(21)11-16(17)20(26,19(22)25)12-18(24)13-4-7-15(8-5-13)23(27)28/h4-9,11,26H,2-3,10,12H2,1H3/t20-/m0/s1. The summed E-state index contributed by atoms with van der Waals surface area (Å²) >= 11 is 3.35. The number of hydrogen-bond acceptors (Lipinski definition) is 5. The van der Waals surface area contributed by atoms with E-state index in [9.17, 15) is 24.8 Å². The number of halogens is 1. The summed E-state index contributed by atoms with van der Waals surface area (Å²) in [5.41, 5.74) is -0.910. The molecule has 2 aromatic carbocycles. The fourth-order valence-electron chi connectivity index (χ4n) is 3.34. The van der Waals surface area contributed by atoms with E-state index < -0.39 is 28.6 Å². The predicted octanol–water partition coefficient (Wildman–Crippen LogP) is 3.96. The van der Waals surface area contributed by atoms with Gasteiger partial charge in [-0.25, -0.2) is 0 Å². The quantitative estimate of drug-likeness (QED) is 0.393. The average Bonchev–Trinajstić information content (AvgIpc) is 2.87. The van der Waals surface area contributed by atoms with Crippen LogP contribution in [0.2, 0.25) is 0 Å². The maximum atomic E-state index is 13.0. The summed E-state index contributed by atoms with van der Waals surface area (Å²) in [4.78, 5) is 37.5. The molecule has 7 nitrogen and oxygen atoms in total. The third kappa shape index (κ3) is 3.57. The number of hydrogen-bond donors (Lipinski definition) is 1. The normalized spacial score (nSPS) is 18.2. The first-order valence-corrected chi connectivity index (χ1v) is 9.69. The van der Waals surface area contributed by atoms with Crippen LogP contribution in [0.5, 0.6) is 0 Å². The van der Waals surface area contributed by atoms with Crippen LogP contribution in [-0.4, -0.2) is 28.3 Å². The molecule has 1 aliphatic heterocycles. The number of Topliss-reactive ketones (excluding diaryl/α,β-unsaturated/α-hetero) is 1. The molecule has 8 heteroatoms. The lowest BCUT2D eigenvalue weighted by molar-refractivity contribution is -0.384. The van der Waals surface area contributed by atoms with Gasteiger partial charge in [-0.15, -0.1) is 0 Å². The monoisotopic (exact) mass is 446 g/mol.